The molecule has 1 nitrogen and oxygen atoms in total. The molecule has 0 bridgehead atoms. The molecule has 0 radical (unpaired) electrons. The first-order chi connectivity index (χ1) is 6.38. The van der Waals surface area contributed by atoms with Gasteiger partial charge in [-0.1, -0.05) is 34.1 Å². The molecule has 1 fully saturated rings. The second kappa shape index (κ2) is 4.25. The van der Waals surface area contributed by atoms with Gasteiger partial charge in [0.1, 0.15) is 0 Å². The van der Waals surface area contributed by atoms with E-state index in [0.717, 1.165) is 13.2 Å². The Balaban J connectivity index is 2.18. The van der Waals surface area contributed by atoms with E-state index < -0.39 is 0 Å². The van der Waals surface area contributed by atoms with Crippen LogP contribution < -0.4 is 0 Å². The van der Waals surface area contributed by atoms with E-state index >= 15 is 0 Å². The standard InChI is InChI=1S/C11H13BrO/c12-11-6-2-1-5-10(11)9-4-3-7-13-8-9/h1-2,5-6,9H,3-4,7-8H2. The highest BCUT2D eigenvalue weighted by molar-refractivity contribution is 9.10. The number of halogens is 1. The van der Waals surface area contributed by atoms with Crippen LogP contribution in [0.1, 0.15) is 24.3 Å². The summed E-state index contributed by atoms with van der Waals surface area (Å²) in [5, 5.41) is 0. The molecule has 1 saturated heterocycles. The molecule has 2 rings (SSSR count). The average molecular weight is 241 g/mol. The number of rotatable bonds is 1. The maximum atomic E-state index is 5.47. The van der Waals surface area contributed by atoms with Crippen LogP contribution in [0.2, 0.25) is 0 Å². The zero-order chi connectivity index (χ0) is 9.10. The van der Waals surface area contributed by atoms with E-state index in [4.69, 9.17) is 4.74 Å². The van der Waals surface area contributed by atoms with Gasteiger partial charge < -0.3 is 4.74 Å². The molecular weight excluding hydrogens is 228 g/mol. The summed E-state index contributed by atoms with van der Waals surface area (Å²) in [6.07, 6.45) is 2.44. The van der Waals surface area contributed by atoms with Crippen molar-refractivity contribution in [3.63, 3.8) is 0 Å². The summed E-state index contributed by atoms with van der Waals surface area (Å²) in [5.74, 6) is 0.587. The molecule has 0 aliphatic carbocycles. The van der Waals surface area contributed by atoms with Gasteiger partial charge >= 0.3 is 0 Å². The predicted octanol–water partition coefficient (Wildman–Crippen LogP) is 3.34. The van der Waals surface area contributed by atoms with Gasteiger partial charge in [-0.25, -0.2) is 0 Å². The van der Waals surface area contributed by atoms with Crippen LogP contribution in [-0.2, 0) is 4.74 Å². The van der Waals surface area contributed by atoms with Crippen molar-refractivity contribution in [2.24, 2.45) is 0 Å². The van der Waals surface area contributed by atoms with Crippen LogP contribution in [0.15, 0.2) is 28.7 Å². The molecule has 1 aromatic carbocycles. The third-order valence-electron chi connectivity index (χ3n) is 2.51. The minimum absolute atomic E-state index is 0.587. The lowest BCUT2D eigenvalue weighted by Crippen LogP contribution is -2.15. The largest absolute Gasteiger partial charge is 0.381 e. The first-order valence-corrected chi connectivity index (χ1v) is 5.49. The van der Waals surface area contributed by atoms with E-state index in [9.17, 15) is 0 Å². The number of ether oxygens (including phenoxy) is 1. The zero-order valence-electron chi connectivity index (χ0n) is 7.50. The summed E-state index contributed by atoms with van der Waals surface area (Å²) in [5.41, 5.74) is 1.39. The molecule has 0 amide bonds. The van der Waals surface area contributed by atoms with Gasteiger partial charge in [0, 0.05) is 17.0 Å². The Morgan fingerprint density at radius 3 is 2.85 bits per heavy atom. The van der Waals surface area contributed by atoms with Gasteiger partial charge in [0.25, 0.3) is 0 Å². The Kier molecular flexibility index (Phi) is 3.01. The van der Waals surface area contributed by atoms with Crippen molar-refractivity contribution in [2.45, 2.75) is 18.8 Å². The molecule has 1 atom stereocenters. The van der Waals surface area contributed by atoms with Crippen LogP contribution in [0.4, 0.5) is 0 Å². The highest BCUT2D eigenvalue weighted by Gasteiger charge is 2.17. The molecule has 0 saturated carbocycles. The summed E-state index contributed by atoms with van der Waals surface area (Å²) in [6, 6.07) is 8.43. The van der Waals surface area contributed by atoms with E-state index in [1.165, 1.54) is 22.9 Å². The summed E-state index contributed by atoms with van der Waals surface area (Å²) >= 11 is 3.58. The monoisotopic (exact) mass is 240 g/mol. The van der Waals surface area contributed by atoms with Gasteiger partial charge in [-0.2, -0.15) is 0 Å². The summed E-state index contributed by atoms with van der Waals surface area (Å²) in [4.78, 5) is 0. The molecule has 70 valence electrons. The number of benzene rings is 1. The second-order valence-corrected chi connectivity index (χ2v) is 4.29. The molecule has 2 heteroatoms. The quantitative estimate of drug-likeness (QED) is 0.732. The third kappa shape index (κ3) is 2.12. The first-order valence-electron chi connectivity index (χ1n) is 4.70. The summed E-state index contributed by atoms with van der Waals surface area (Å²) in [7, 11) is 0. The van der Waals surface area contributed by atoms with Crippen molar-refractivity contribution < 1.29 is 4.74 Å². The molecule has 0 aromatic heterocycles. The van der Waals surface area contributed by atoms with Crippen molar-refractivity contribution in [1.82, 2.24) is 0 Å². The Labute approximate surface area is 87.2 Å². The van der Waals surface area contributed by atoms with E-state index in [1.807, 2.05) is 0 Å². The fourth-order valence-corrected chi connectivity index (χ4v) is 2.40. The third-order valence-corrected chi connectivity index (χ3v) is 3.23. The van der Waals surface area contributed by atoms with Crippen LogP contribution >= 0.6 is 15.9 Å². The van der Waals surface area contributed by atoms with Crippen LogP contribution in [-0.4, -0.2) is 13.2 Å². The van der Waals surface area contributed by atoms with Crippen molar-refractivity contribution in [3.8, 4) is 0 Å². The Hall–Kier alpha value is -0.340. The number of hydrogen-bond acceptors (Lipinski definition) is 1. The van der Waals surface area contributed by atoms with Gasteiger partial charge in [0.15, 0.2) is 0 Å². The maximum absolute atomic E-state index is 5.47. The van der Waals surface area contributed by atoms with Gasteiger partial charge in [0.2, 0.25) is 0 Å². The van der Waals surface area contributed by atoms with Gasteiger partial charge in [0.05, 0.1) is 6.61 Å². The second-order valence-electron chi connectivity index (χ2n) is 3.44. The van der Waals surface area contributed by atoms with E-state index in [-0.39, 0.29) is 0 Å². The number of hydrogen-bond donors (Lipinski definition) is 0. The molecule has 0 spiro atoms. The molecule has 1 aliphatic rings. The average Bonchev–Trinajstić information content (AvgIpc) is 2.20. The lowest BCUT2D eigenvalue weighted by Gasteiger charge is -2.23. The van der Waals surface area contributed by atoms with Crippen LogP contribution in [0, 0.1) is 0 Å². The topological polar surface area (TPSA) is 9.23 Å². The van der Waals surface area contributed by atoms with Crippen molar-refractivity contribution in [1.29, 1.82) is 0 Å². The normalized spacial score (nSPS) is 23.0. The molecule has 0 N–H and O–H groups in total. The summed E-state index contributed by atoms with van der Waals surface area (Å²) in [6.45, 7) is 1.81. The van der Waals surface area contributed by atoms with E-state index in [2.05, 4.69) is 40.2 Å². The van der Waals surface area contributed by atoms with E-state index in [1.54, 1.807) is 0 Å². The smallest absolute Gasteiger partial charge is 0.0535 e. The minimum atomic E-state index is 0.587. The van der Waals surface area contributed by atoms with E-state index in [0.29, 0.717) is 5.92 Å². The fraction of sp³-hybridized carbons (Fsp3) is 0.455. The molecule has 13 heavy (non-hydrogen) atoms. The highest BCUT2D eigenvalue weighted by Crippen LogP contribution is 2.30. The fourth-order valence-electron chi connectivity index (χ4n) is 1.79. The van der Waals surface area contributed by atoms with Gasteiger partial charge in [-0.15, -0.1) is 0 Å². The predicted molar refractivity (Wildman–Crippen MR) is 56.9 cm³/mol. The molecule has 1 heterocycles. The van der Waals surface area contributed by atoms with Crippen LogP contribution in [0.3, 0.4) is 0 Å². The Morgan fingerprint density at radius 1 is 1.31 bits per heavy atom. The highest BCUT2D eigenvalue weighted by atomic mass is 79.9. The molecule has 1 unspecified atom stereocenters. The lowest BCUT2D eigenvalue weighted by molar-refractivity contribution is 0.0802. The summed E-state index contributed by atoms with van der Waals surface area (Å²) < 4.78 is 6.68. The molecule has 1 aromatic rings. The molecular formula is C11H13BrO. The zero-order valence-corrected chi connectivity index (χ0v) is 9.09. The maximum Gasteiger partial charge on any atom is 0.0535 e. The van der Waals surface area contributed by atoms with Gasteiger partial charge in [-0.3, -0.25) is 0 Å². The van der Waals surface area contributed by atoms with Crippen molar-refractivity contribution in [3.05, 3.63) is 34.3 Å². The van der Waals surface area contributed by atoms with Crippen molar-refractivity contribution >= 4 is 15.9 Å². The Morgan fingerprint density at radius 2 is 2.15 bits per heavy atom. The molecule has 1 aliphatic heterocycles. The van der Waals surface area contributed by atoms with Crippen LogP contribution in [0.5, 0.6) is 0 Å². The van der Waals surface area contributed by atoms with Crippen molar-refractivity contribution in [2.75, 3.05) is 13.2 Å². The SMILES string of the molecule is Brc1ccccc1C1CCCOC1. The van der Waals surface area contributed by atoms with Gasteiger partial charge in [-0.05, 0) is 24.5 Å². The minimum Gasteiger partial charge on any atom is -0.381 e. The Bertz CT molecular complexity index is 279. The lowest BCUT2D eigenvalue weighted by atomic mass is 9.94. The van der Waals surface area contributed by atoms with Crippen LogP contribution in [0.25, 0.3) is 0 Å². The first kappa shape index (κ1) is 9.22.